The smallest absolute Gasteiger partial charge is 0.270 e. The lowest BCUT2D eigenvalue weighted by Gasteiger charge is -2.37. The van der Waals surface area contributed by atoms with Crippen LogP contribution in [0.2, 0.25) is 0 Å². The van der Waals surface area contributed by atoms with Crippen LogP contribution >= 0.6 is 0 Å². The Bertz CT molecular complexity index is 1160. The highest BCUT2D eigenvalue weighted by molar-refractivity contribution is 6.14. The van der Waals surface area contributed by atoms with Crippen molar-refractivity contribution in [3.63, 3.8) is 0 Å². The Balaban J connectivity index is 1.97. The first kappa shape index (κ1) is 19.4. The zero-order chi connectivity index (χ0) is 21.2. The van der Waals surface area contributed by atoms with Crippen molar-refractivity contribution >= 4 is 16.6 Å². The molecule has 1 aliphatic rings. The van der Waals surface area contributed by atoms with E-state index < -0.39 is 34.6 Å². The molecule has 0 fully saturated rings. The summed E-state index contributed by atoms with van der Waals surface area (Å²) >= 11 is 0. The molecule has 3 aromatic rings. The maximum Gasteiger partial charge on any atom is 0.416 e. The lowest BCUT2D eigenvalue weighted by atomic mass is 9.81. The molecule has 3 nitrogen and oxygen atoms in total. The first-order valence-electron chi connectivity index (χ1n) is 8.54. The minimum Gasteiger partial charge on any atom is -0.270 e. The fourth-order valence-electron chi connectivity index (χ4n) is 3.27. The SMILES string of the molecule is CC1(C)N=C(c2cc3cccc(F)c3nn2)c2ccc(C(F)(F)F)cc2C1(F)F. The van der Waals surface area contributed by atoms with Gasteiger partial charge in [-0.25, -0.2) is 4.39 Å². The maximum absolute atomic E-state index is 15.0. The van der Waals surface area contributed by atoms with Gasteiger partial charge in [-0.3, -0.25) is 4.99 Å². The molecule has 0 bridgehead atoms. The van der Waals surface area contributed by atoms with Crippen LogP contribution in [0.3, 0.4) is 0 Å². The highest BCUT2D eigenvalue weighted by atomic mass is 19.4. The predicted octanol–water partition coefficient (Wildman–Crippen LogP) is 5.51. The normalized spacial score (nSPS) is 17.7. The summed E-state index contributed by atoms with van der Waals surface area (Å²) in [6.07, 6.45) is -4.77. The van der Waals surface area contributed by atoms with Crippen molar-refractivity contribution in [2.24, 2.45) is 4.99 Å². The van der Waals surface area contributed by atoms with Gasteiger partial charge in [0.15, 0.2) is 5.82 Å². The topological polar surface area (TPSA) is 38.1 Å². The third-order valence-corrected chi connectivity index (χ3v) is 4.91. The molecule has 29 heavy (non-hydrogen) atoms. The molecule has 2 aromatic carbocycles. The maximum atomic E-state index is 15.0. The predicted molar refractivity (Wildman–Crippen MR) is 94.6 cm³/mol. The van der Waals surface area contributed by atoms with Crippen molar-refractivity contribution in [2.45, 2.75) is 31.5 Å². The average Bonchev–Trinajstić information content (AvgIpc) is 2.64. The standard InChI is InChI=1S/C20H13F6N3/c1-18(2)19(22,23)13-9-11(20(24,25)26)6-7-12(13)17(27-18)15-8-10-4-3-5-14(21)16(10)29-28-15/h3-9H,1-2H3. The monoisotopic (exact) mass is 409 g/mol. The van der Waals surface area contributed by atoms with Gasteiger partial charge in [0.2, 0.25) is 0 Å². The molecule has 1 aliphatic heterocycles. The van der Waals surface area contributed by atoms with Crippen LogP contribution in [-0.2, 0) is 12.1 Å². The Morgan fingerprint density at radius 3 is 2.34 bits per heavy atom. The fourth-order valence-corrected chi connectivity index (χ4v) is 3.27. The van der Waals surface area contributed by atoms with Gasteiger partial charge in [0, 0.05) is 16.5 Å². The van der Waals surface area contributed by atoms with Crippen LogP contribution in [0.25, 0.3) is 10.9 Å². The summed E-state index contributed by atoms with van der Waals surface area (Å²) in [6.45, 7) is 2.26. The Morgan fingerprint density at radius 1 is 0.931 bits per heavy atom. The number of benzene rings is 2. The van der Waals surface area contributed by atoms with Crippen LogP contribution in [0.5, 0.6) is 0 Å². The molecule has 0 radical (unpaired) electrons. The van der Waals surface area contributed by atoms with Crippen LogP contribution in [0.1, 0.15) is 36.2 Å². The Kier molecular flexibility index (Phi) is 4.01. The number of rotatable bonds is 1. The van der Waals surface area contributed by atoms with Crippen molar-refractivity contribution in [2.75, 3.05) is 0 Å². The lowest BCUT2D eigenvalue weighted by molar-refractivity contribution is -0.138. The second kappa shape index (κ2) is 6.01. The first-order valence-corrected chi connectivity index (χ1v) is 8.54. The number of fused-ring (bicyclic) bond motifs is 2. The molecule has 4 rings (SSSR count). The molecular formula is C20H13F6N3. The van der Waals surface area contributed by atoms with Gasteiger partial charge in [0.1, 0.15) is 16.7 Å². The molecule has 150 valence electrons. The van der Waals surface area contributed by atoms with Crippen molar-refractivity contribution in [1.82, 2.24) is 10.2 Å². The van der Waals surface area contributed by atoms with Crippen molar-refractivity contribution in [3.05, 3.63) is 70.7 Å². The second-order valence-corrected chi connectivity index (χ2v) is 7.26. The second-order valence-electron chi connectivity index (χ2n) is 7.26. The van der Waals surface area contributed by atoms with Gasteiger partial charge in [-0.05, 0) is 38.1 Å². The van der Waals surface area contributed by atoms with Gasteiger partial charge >= 0.3 is 6.18 Å². The molecule has 2 heterocycles. The molecule has 0 atom stereocenters. The molecule has 0 spiro atoms. The summed E-state index contributed by atoms with van der Waals surface area (Å²) in [5.41, 5.74) is -4.14. The summed E-state index contributed by atoms with van der Waals surface area (Å²) in [6, 6.07) is 7.76. The molecule has 0 aliphatic carbocycles. The highest BCUT2D eigenvalue weighted by Crippen LogP contribution is 2.48. The average molecular weight is 409 g/mol. The van der Waals surface area contributed by atoms with Crippen molar-refractivity contribution in [3.8, 4) is 0 Å². The number of nitrogens with zero attached hydrogens (tertiary/aromatic N) is 3. The van der Waals surface area contributed by atoms with Crippen molar-refractivity contribution in [1.29, 1.82) is 0 Å². The first-order chi connectivity index (χ1) is 13.4. The van der Waals surface area contributed by atoms with E-state index in [4.69, 9.17) is 0 Å². The Labute approximate surface area is 161 Å². The molecule has 0 saturated carbocycles. The number of halogens is 6. The van der Waals surface area contributed by atoms with Gasteiger partial charge in [-0.2, -0.15) is 22.0 Å². The summed E-state index contributed by atoms with van der Waals surface area (Å²) in [5, 5.41) is 8.05. The molecular weight excluding hydrogens is 396 g/mol. The molecule has 1 aromatic heterocycles. The summed E-state index contributed by atoms with van der Waals surface area (Å²) in [4.78, 5) is 4.09. The molecule has 0 amide bonds. The Hall–Kier alpha value is -2.97. The van der Waals surface area contributed by atoms with E-state index >= 15 is 0 Å². The summed E-state index contributed by atoms with van der Waals surface area (Å²) < 4.78 is 83.1. The minimum absolute atomic E-state index is 0.00936. The van der Waals surface area contributed by atoms with Crippen LogP contribution in [0.4, 0.5) is 26.3 Å². The lowest BCUT2D eigenvalue weighted by Crippen LogP contribution is -2.44. The molecule has 0 unspecified atom stereocenters. The third-order valence-electron chi connectivity index (χ3n) is 4.91. The largest absolute Gasteiger partial charge is 0.416 e. The molecule has 0 saturated heterocycles. The summed E-state index contributed by atoms with van der Waals surface area (Å²) in [5.74, 6) is -4.25. The number of alkyl halides is 5. The number of hydrogen-bond donors (Lipinski definition) is 0. The quantitative estimate of drug-likeness (QED) is 0.497. The van der Waals surface area contributed by atoms with E-state index in [9.17, 15) is 26.3 Å². The third kappa shape index (κ3) is 2.95. The van der Waals surface area contributed by atoms with E-state index in [2.05, 4.69) is 15.2 Å². The van der Waals surface area contributed by atoms with E-state index in [0.717, 1.165) is 26.0 Å². The zero-order valence-electron chi connectivity index (χ0n) is 15.2. The van der Waals surface area contributed by atoms with Crippen molar-refractivity contribution < 1.29 is 26.3 Å². The number of aliphatic imine (C=N–C) groups is 1. The van der Waals surface area contributed by atoms with Gasteiger partial charge in [-0.1, -0.05) is 18.2 Å². The number of hydrogen-bond acceptors (Lipinski definition) is 3. The highest BCUT2D eigenvalue weighted by Gasteiger charge is 2.53. The van der Waals surface area contributed by atoms with Gasteiger partial charge in [-0.15, -0.1) is 10.2 Å². The van der Waals surface area contributed by atoms with Gasteiger partial charge in [0.05, 0.1) is 11.3 Å². The van der Waals surface area contributed by atoms with Gasteiger partial charge in [0.25, 0.3) is 5.92 Å². The fraction of sp³-hybridized carbons (Fsp3) is 0.250. The summed E-state index contributed by atoms with van der Waals surface area (Å²) in [7, 11) is 0. The Morgan fingerprint density at radius 2 is 1.66 bits per heavy atom. The van der Waals surface area contributed by atoms with E-state index in [1.54, 1.807) is 6.07 Å². The van der Waals surface area contributed by atoms with Crippen LogP contribution in [0, 0.1) is 5.82 Å². The van der Waals surface area contributed by atoms with Gasteiger partial charge < -0.3 is 0 Å². The van der Waals surface area contributed by atoms with Crippen LogP contribution in [-0.4, -0.2) is 21.4 Å². The van der Waals surface area contributed by atoms with Crippen LogP contribution < -0.4 is 0 Å². The van der Waals surface area contributed by atoms with Crippen LogP contribution in [0.15, 0.2) is 47.5 Å². The zero-order valence-corrected chi connectivity index (χ0v) is 15.2. The molecule has 9 heteroatoms. The number of aromatic nitrogens is 2. The minimum atomic E-state index is -4.77. The van der Waals surface area contributed by atoms with E-state index in [-0.39, 0.29) is 22.5 Å². The van der Waals surface area contributed by atoms with E-state index in [0.29, 0.717) is 11.5 Å². The molecule has 0 N–H and O–H groups in total. The van der Waals surface area contributed by atoms with E-state index in [1.807, 2.05) is 0 Å². The van der Waals surface area contributed by atoms with E-state index in [1.165, 1.54) is 18.2 Å².